The predicted molar refractivity (Wildman–Crippen MR) is 126 cm³/mol. The summed E-state index contributed by atoms with van der Waals surface area (Å²) < 4.78 is 1.89. The third kappa shape index (κ3) is 5.01. The number of guanidine groups is 1. The Morgan fingerprint density at radius 3 is 2.68 bits per heavy atom. The minimum absolute atomic E-state index is 0. The molecule has 2 heterocycles. The Kier molecular flexibility index (Phi) is 7.79. The van der Waals surface area contributed by atoms with Gasteiger partial charge in [-0.2, -0.15) is 5.10 Å². The number of hydrogen-bond acceptors (Lipinski definition) is 3. The van der Waals surface area contributed by atoms with E-state index in [0.29, 0.717) is 12.5 Å². The largest absolute Gasteiger partial charge is 0.352 e. The van der Waals surface area contributed by atoms with Crippen LogP contribution in [0, 0.1) is 0 Å². The zero-order valence-electron chi connectivity index (χ0n) is 17.2. The van der Waals surface area contributed by atoms with Crippen LogP contribution in [0.25, 0.3) is 10.9 Å². The van der Waals surface area contributed by atoms with Gasteiger partial charge in [0, 0.05) is 57.6 Å². The van der Waals surface area contributed by atoms with Crippen molar-refractivity contribution in [1.82, 2.24) is 25.0 Å². The summed E-state index contributed by atoms with van der Waals surface area (Å²) in [7, 11) is 5.83. The minimum atomic E-state index is 0. The summed E-state index contributed by atoms with van der Waals surface area (Å²) in [6.07, 6.45) is 3.93. The topological polar surface area (TPSA) is 58.3 Å². The fourth-order valence-corrected chi connectivity index (χ4v) is 3.36. The van der Waals surface area contributed by atoms with Crippen LogP contribution in [0.3, 0.4) is 0 Å². The summed E-state index contributed by atoms with van der Waals surface area (Å²) in [5, 5.41) is 9.21. The molecular weight excluding hydrogens is 463 g/mol. The Labute approximate surface area is 184 Å². The summed E-state index contributed by atoms with van der Waals surface area (Å²) >= 11 is 0. The zero-order chi connectivity index (χ0) is 19.4. The summed E-state index contributed by atoms with van der Waals surface area (Å²) in [4.78, 5) is 11.1. The first-order valence-corrected chi connectivity index (χ1v) is 9.26. The van der Waals surface area contributed by atoms with Crippen molar-refractivity contribution in [2.45, 2.75) is 32.9 Å². The lowest BCUT2D eigenvalue weighted by Crippen LogP contribution is -2.38. The molecule has 0 aliphatic rings. The smallest absolute Gasteiger partial charge is 0.193 e. The highest BCUT2D eigenvalue weighted by atomic mass is 127. The van der Waals surface area contributed by atoms with Gasteiger partial charge in [0.05, 0.1) is 11.2 Å². The van der Waals surface area contributed by atoms with Gasteiger partial charge in [0.25, 0.3) is 0 Å². The third-order valence-corrected chi connectivity index (χ3v) is 4.62. The number of nitrogens with zero attached hydrogens (tertiary/aromatic N) is 5. The second-order valence-corrected chi connectivity index (χ2v) is 7.12. The molecule has 0 saturated carbocycles. The van der Waals surface area contributed by atoms with Crippen molar-refractivity contribution in [1.29, 1.82) is 0 Å². The molecule has 3 aromatic rings. The van der Waals surface area contributed by atoms with Crippen molar-refractivity contribution in [3.05, 3.63) is 59.5 Å². The molecule has 0 fully saturated rings. The Morgan fingerprint density at radius 1 is 1.21 bits per heavy atom. The van der Waals surface area contributed by atoms with Crippen molar-refractivity contribution in [2.24, 2.45) is 12.0 Å². The molecule has 0 unspecified atom stereocenters. The average molecular weight is 492 g/mol. The lowest BCUT2D eigenvalue weighted by atomic mass is 10.1. The Bertz CT molecular complexity index is 942. The second kappa shape index (κ2) is 9.86. The number of pyridine rings is 1. The monoisotopic (exact) mass is 492 g/mol. The quantitative estimate of drug-likeness (QED) is 0.333. The first-order valence-electron chi connectivity index (χ1n) is 9.26. The molecule has 0 aliphatic carbocycles. The molecule has 7 heteroatoms. The molecule has 6 nitrogen and oxygen atoms in total. The molecule has 0 aliphatic heterocycles. The van der Waals surface area contributed by atoms with Crippen LogP contribution in [0.5, 0.6) is 0 Å². The lowest BCUT2D eigenvalue weighted by Gasteiger charge is -2.22. The Balaban J connectivity index is 0.00000280. The van der Waals surface area contributed by atoms with E-state index in [4.69, 9.17) is 0 Å². The van der Waals surface area contributed by atoms with E-state index < -0.39 is 0 Å². The van der Waals surface area contributed by atoms with Crippen molar-refractivity contribution < 1.29 is 0 Å². The van der Waals surface area contributed by atoms with Crippen molar-refractivity contribution in [2.75, 3.05) is 14.1 Å². The fraction of sp³-hybridized carbons (Fsp3) is 0.381. The number of benzene rings is 1. The van der Waals surface area contributed by atoms with Crippen LogP contribution in [0.2, 0.25) is 0 Å². The molecular formula is C21H29IN6. The van der Waals surface area contributed by atoms with Crippen LogP contribution in [-0.4, -0.2) is 39.7 Å². The number of aryl methyl sites for hydroxylation is 1. The highest BCUT2D eigenvalue weighted by Gasteiger charge is 2.15. The van der Waals surface area contributed by atoms with Crippen LogP contribution >= 0.6 is 24.0 Å². The molecule has 0 saturated heterocycles. The molecule has 0 amide bonds. The van der Waals surface area contributed by atoms with Crippen LogP contribution < -0.4 is 5.32 Å². The highest BCUT2D eigenvalue weighted by molar-refractivity contribution is 14.0. The van der Waals surface area contributed by atoms with Gasteiger partial charge in [-0.25, -0.2) is 0 Å². The van der Waals surface area contributed by atoms with Gasteiger partial charge in [0.1, 0.15) is 0 Å². The molecule has 0 bridgehead atoms. The van der Waals surface area contributed by atoms with Crippen LogP contribution in [-0.2, 0) is 20.1 Å². The van der Waals surface area contributed by atoms with Gasteiger partial charge in [-0.1, -0.05) is 38.1 Å². The summed E-state index contributed by atoms with van der Waals surface area (Å²) in [6, 6.07) is 10.3. The maximum Gasteiger partial charge on any atom is 0.193 e. The van der Waals surface area contributed by atoms with Gasteiger partial charge >= 0.3 is 0 Å². The molecule has 150 valence electrons. The second-order valence-electron chi connectivity index (χ2n) is 7.12. The highest BCUT2D eigenvalue weighted by Crippen LogP contribution is 2.19. The van der Waals surface area contributed by atoms with Crippen LogP contribution in [0.1, 0.15) is 36.6 Å². The van der Waals surface area contributed by atoms with Crippen molar-refractivity contribution in [3.8, 4) is 0 Å². The minimum Gasteiger partial charge on any atom is -0.352 e. The molecule has 0 spiro atoms. The third-order valence-electron chi connectivity index (χ3n) is 4.62. The number of para-hydroxylation sites is 1. The van der Waals surface area contributed by atoms with Gasteiger partial charge in [0.2, 0.25) is 0 Å². The summed E-state index contributed by atoms with van der Waals surface area (Å²) in [6.45, 7) is 5.78. The van der Waals surface area contributed by atoms with E-state index in [0.717, 1.165) is 34.7 Å². The number of rotatable bonds is 5. The van der Waals surface area contributed by atoms with Crippen LogP contribution in [0.4, 0.5) is 0 Å². The maximum absolute atomic E-state index is 4.60. The van der Waals surface area contributed by atoms with Crippen molar-refractivity contribution in [3.63, 3.8) is 0 Å². The number of aromatic nitrogens is 3. The van der Waals surface area contributed by atoms with E-state index in [1.54, 1.807) is 0 Å². The molecule has 0 radical (unpaired) electrons. The number of nitrogens with one attached hydrogen (secondary N) is 1. The molecule has 1 aromatic carbocycles. The van der Waals surface area contributed by atoms with E-state index in [1.807, 2.05) is 38.1 Å². The lowest BCUT2D eigenvalue weighted by molar-refractivity contribution is 0.473. The molecule has 0 atom stereocenters. The summed E-state index contributed by atoms with van der Waals surface area (Å²) in [5.74, 6) is 1.24. The fourth-order valence-electron chi connectivity index (χ4n) is 3.36. The van der Waals surface area contributed by atoms with Gasteiger partial charge < -0.3 is 10.2 Å². The number of hydrogen-bond donors (Lipinski definition) is 1. The van der Waals surface area contributed by atoms with Gasteiger partial charge in [0.15, 0.2) is 5.96 Å². The number of halogens is 1. The van der Waals surface area contributed by atoms with Gasteiger partial charge in [-0.15, -0.1) is 24.0 Å². The van der Waals surface area contributed by atoms with Gasteiger partial charge in [-0.05, 0) is 17.5 Å². The number of aliphatic imine (C=N–C) groups is 1. The van der Waals surface area contributed by atoms with E-state index in [9.17, 15) is 0 Å². The van der Waals surface area contributed by atoms with Crippen LogP contribution in [0.15, 0.2) is 47.7 Å². The van der Waals surface area contributed by atoms with E-state index in [-0.39, 0.29) is 24.0 Å². The predicted octanol–water partition coefficient (Wildman–Crippen LogP) is 3.92. The maximum atomic E-state index is 4.60. The van der Waals surface area contributed by atoms with E-state index in [1.165, 1.54) is 5.56 Å². The first kappa shape index (κ1) is 22.1. The molecule has 3 rings (SSSR count). The standard InChI is InChI=1S/C21H28N6.HI/c1-15(2)19-18(14-27(5)25-19)13-26(4)21(22-3)24-12-17-9-6-8-16-10-7-11-23-20(16)17;/h6-11,14-15H,12-13H2,1-5H3,(H,22,24);1H. The molecule has 2 aromatic heterocycles. The normalized spacial score (nSPS) is 11.6. The van der Waals surface area contributed by atoms with E-state index >= 15 is 0 Å². The molecule has 1 N–H and O–H groups in total. The Hall–Kier alpha value is -2.16. The average Bonchev–Trinajstić information content (AvgIpc) is 3.02. The van der Waals surface area contributed by atoms with Gasteiger partial charge in [-0.3, -0.25) is 14.7 Å². The zero-order valence-corrected chi connectivity index (χ0v) is 19.5. The number of fused-ring (bicyclic) bond motifs is 1. The van der Waals surface area contributed by atoms with Crippen molar-refractivity contribution >= 4 is 40.8 Å². The summed E-state index contributed by atoms with van der Waals surface area (Å²) in [5.41, 5.74) is 4.55. The van der Waals surface area contributed by atoms with E-state index in [2.05, 4.69) is 69.6 Å². The first-order chi connectivity index (χ1) is 13.0. The molecule has 28 heavy (non-hydrogen) atoms. The Morgan fingerprint density at radius 2 is 1.96 bits per heavy atom. The SMILES string of the molecule is CN=C(NCc1cccc2cccnc12)N(C)Cc1cn(C)nc1C(C)C.I.